The van der Waals surface area contributed by atoms with Crippen molar-refractivity contribution < 1.29 is 0 Å². The molecule has 0 spiro atoms. The molecule has 1 aromatic rings. The van der Waals surface area contributed by atoms with Crippen LogP contribution in [0.15, 0.2) is 53.6 Å². The molecule has 3 rings (SSSR count). The van der Waals surface area contributed by atoms with Crippen LogP contribution in [0.3, 0.4) is 0 Å². The number of unbranched alkanes of at least 4 members (excludes halogenated alkanes) is 7. The van der Waals surface area contributed by atoms with E-state index >= 15 is 0 Å². The third-order valence-electron chi connectivity index (χ3n) is 8.44. The molecule has 0 saturated heterocycles. The maximum atomic E-state index is 2.76. The molecule has 35 heavy (non-hydrogen) atoms. The average molecular weight is 510 g/mol. The zero-order valence-corrected chi connectivity index (χ0v) is 26.2. The molecule has 0 saturated carbocycles. The standard InChI is InChI=1S/C32H55NSi2/c1-8-9-10-11-12-13-14-18-21-28-22-23-31(34(2,3)4)29-25-33(24-27-19-16-15-17-20-27)26-30(29)32(28)35(5,6)7/h15-17,19-20,22-23,28,31-32H,8-14,18,21,24-26H2,1-7H3/t28-,31-,32+/m1/s1. The number of benzene rings is 1. The first kappa shape index (κ1) is 28.7. The maximum Gasteiger partial charge on any atom is 0.0562 e. The highest BCUT2D eigenvalue weighted by molar-refractivity contribution is 6.79. The number of allylic oxidation sites excluding steroid dienone is 2. The summed E-state index contributed by atoms with van der Waals surface area (Å²) >= 11 is 0. The van der Waals surface area contributed by atoms with Crippen molar-refractivity contribution in [3.63, 3.8) is 0 Å². The van der Waals surface area contributed by atoms with E-state index in [1.54, 1.807) is 0 Å². The average Bonchev–Trinajstić information content (AvgIpc) is 3.08. The minimum Gasteiger partial charge on any atom is -0.291 e. The van der Waals surface area contributed by atoms with Gasteiger partial charge in [0.2, 0.25) is 0 Å². The van der Waals surface area contributed by atoms with Crippen LogP contribution >= 0.6 is 0 Å². The van der Waals surface area contributed by atoms with Gasteiger partial charge in [0, 0.05) is 19.6 Å². The lowest BCUT2D eigenvalue weighted by Gasteiger charge is -2.37. The molecule has 0 radical (unpaired) electrons. The fourth-order valence-electron chi connectivity index (χ4n) is 6.78. The number of rotatable bonds is 13. The van der Waals surface area contributed by atoms with Crippen LogP contribution in [-0.4, -0.2) is 34.1 Å². The van der Waals surface area contributed by atoms with Gasteiger partial charge in [-0.15, -0.1) is 0 Å². The molecule has 2 aliphatic rings. The first-order valence-corrected chi connectivity index (χ1v) is 21.9. The van der Waals surface area contributed by atoms with E-state index in [9.17, 15) is 0 Å². The maximum absolute atomic E-state index is 2.76. The Bertz CT molecular complexity index is 827. The minimum atomic E-state index is -1.36. The SMILES string of the molecule is CCCCCCCCCC[C@@H]1C=C[C@@H]([Si](C)(C)C)C2=C(CN(Cc3ccccc3)C2)[C@H]1[Si](C)(C)C. The molecule has 1 aliphatic heterocycles. The molecular formula is C32H55NSi2. The largest absolute Gasteiger partial charge is 0.291 e. The second kappa shape index (κ2) is 13.1. The summed E-state index contributed by atoms with van der Waals surface area (Å²) in [7, 11) is -2.69. The Balaban J connectivity index is 1.75. The second-order valence-electron chi connectivity index (χ2n) is 13.7. The van der Waals surface area contributed by atoms with E-state index in [0.29, 0.717) is 5.54 Å². The zero-order chi connectivity index (χ0) is 25.5. The molecule has 0 fully saturated rings. The summed E-state index contributed by atoms with van der Waals surface area (Å²) in [5.41, 5.74) is 6.69. The van der Waals surface area contributed by atoms with Crippen molar-refractivity contribution in [1.29, 1.82) is 0 Å². The Morgan fingerprint density at radius 3 is 1.91 bits per heavy atom. The Kier molecular flexibility index (Phi) is 10.7. The van der Waals surface area contributed by atoms with Gasteiger partial charge in [-0.05, 0) is 29.0 Å². The van der Waals surface area contributed by atoms with Crippen LogP contribution in [0, 0.1) is 5.92 Å². The summed E-state index contributed by atoms with van der Waals surface area (Å²) in [6.45, 7) is 21.5. The molecule has 3 atom stereocenters. The molecule has 0 unspecified atom stereocenters. The van der Waals surface area contributed by atoms with Crippen molar-refractivity contribution in [2.45, 2.75) is 122 Å². The predicted molar refractivity (Wildman–Crippen MR) is 163 cm³/mol. The fourth-order valence-corrected chi connectivity index (χ4v) is 11.7. The third-order valence-corrected chi connectivity index (χ3v) is 13.5. The lowest BCUT2D eigenvalue weighted by Crippen LogP contribution is -2.35. The molecule has 0 amide bonds. The van der Waals surface area contributed by atoms with Gasteiger partial charge < -0.3 is 0 Å². The lowest BCUT2D eigenvalue weighted by atomic mass is 9.92. The Labute approximate surface area is 220 Å². The smallest absolute Gasteiger partial charge is 0.0562 e. The van der Waals surface area contributed by atoms with Crippen molar-refractivity contribution >= 4 is 16.1 Å². The topological polar surface area (TPSA) is 3.24 Å². The number of hydrogen-bond acceptors (Lipinski definition) is 1. The van der Waals surface area contributed by atoms with E-state index < -0.39 is 16.1 Å². The van der Waals surface area contributed by atoms with Gasteiger partial charge in [-0.1, -0.05) is 151 Å². The molecule has 196 valence electrons. The summed E-state index contributed by atoms with van der Waals surface area (Å²) in [5, 5.41) is 0. The summed E-state index contributed by atoms with van der Waals surface area (Å²) in [5.74, 6) is 0.754. The van der Waals surface area contributed by atoms with E-state index in [4.69, 9.17) is 0 Å². The summed E-state index contributed by atoms with van der Waals surface area (Å²) < 4.78 is 0. The van der Waals surface area contributed by atoms with E-state index in [2.05, 4.69) is 93.6 Å². The van der Waals surface area contributed by atoms with Crippen LogP contribution in [-0.2, 0) is 6.54 Å². The molecular weight excluding hydrogens is 455 g/mol. The molecule has 1 nitrogen and oxygen atoms in total. The van der Waals surface area contributed by atoms with Gasteiger partial charge in [-0.3, -0.25) is 4.90 Å². The Morgan fingerprint density at radius 1 is 0.714 bits per heavy atom. The van der Waals surface area contributed by atoms with Crippen molar-refractivity contribution in [1.82, 2.24) is 4.90 Å². The summed E-state index contributed by atoms with van der Waals surface area (Å²) in [6, 6.07) is 11.1. The molecule has 1 aliphatic carbocycles. The molecule has 0 N–H and O–H groups in total. The summed E-state index contributed by atoms with van der Waals surface area (Å²) in [4.78, 5) is 2.76. The van der Waals surface area contributed by atoms with Crippen LogP contribution < -0.4 is 0 Å². The van der Waals surface area contributed by atoms with Gasteiger partial charge in [0.05, 0.1) is 16.1 Å². The Morgan fingerprint density at radius 2 is 1.31 bits per heavy atom. The van der Waals surface area contributed by atoms with Gasteiger partial charge in [-0.2, -0.15) is 0 Å². The van der Waals surface area contributed by atoms with E-state index in [1.165, 1.54) is 76.4 Å². The van der Waals surface area contributed by atoms with Gasteiger partial charge in [-0.25, -0.2) is 0 Å². The molecule has 1 aromatic carbocycles. The van der Waals surface area contributed by atoms with Crippen molar-refractivity contribution in [3.05, 3.63) is 59.2 Å². The van der Waals surface area contributed by atoms with E-state index in [-0.39, 0.29) is 0 Å². The van der Waals surface area contributed by atoms with Crippen LogP contribution in [0.2, 0.25) is 50.4 Å². The normalized spacial score (nSPS) is 23.6. The fraction of sp³-hybridized carbons (Fsp3) is 0.688. The zero-order valence-electron chi connectivity index (χ0n) is 24.2. The highest BCUT2D eigenvalue weighted by Crippen LogP contribution is 2.50. The molecule has 1 heterocycles. The third kappa shape index (κ3) is 8.30. The predicted octanol–water partition coefficient (Wildman–Crippen LogP) is 9.93. The van der Waals surface area contributed by atoms with Crippen LogP contribution in [0.25, 0.3) is 0 Å². The van der Waals surface area contributed by atoms with Gasteiger partial charge >= 0.3 is 0 Å². The molecule has 3 heteroatoms. The highest BCUT2D eigenvalue weighted by Gasteiger charge is 2.44. The van der Waals surface area contributed by atoms with Crippen LogP contribution in [0.1, 0.15) is 70.3 Å². The van der Waals surface area contributed by atoms with Gasteiger partial charge in [0.1, 0.15) is 0 Å². The highest BCUT2D eigenvalue weighted by atomic mass is 28.3. The van der Waals surface area contributed by atoms with E-state index in [1.807, 2.05) is 11.1 Å². The lowest BCUT2D eigenvalue weighted by molar-refractivity contribution is 0.331. The first-order valence-electron chi connectivity index (χ1n) is 14.8. The Hall–Kier alpha value is -0.906. The summed E-state index contributed by atoms with van der Waals surface area (Å²) in [6.07, 6.45) is 18.2. The van der Waals surface area contributed by atoms with Gasteiger partial charge in [0.25, 0.3) is 0 Å². The number of nitrogens with zero attached hydrogens (tertiary/aromatic N) is 1. The molecule has 0 aromatic heterocycles. The monoisotopic (exact) mass is 509 g/mol. The second-order valence-corrected chi connectivity index (χ2v) is 24.4. The molecule has 0 bridgehead atoms. The van der Waals surface area contributed by atoms with E-state index in [0.717, 1.165) is 18.0 Å². The van der Waals surface area contributed by atoms with Crippen molar-refractivity contribution in [2.24, 2.45) is 5.92 Å². The first-order chi connectivity index (χ1) is 16.6. The van der Waals surface area contributed by atoms with Crippen LogP contribution in [0.4, 0.5) is 0 Å². The van der Waals surface area contributed by atoms with Crippen molar-refractivity contribution in [3.8, 4) is 0 Å². The van der Waals surface area contributed by atoms with Gasteiger partial charge in [0.15, 0.2) is 0 Å². The van der Waals surface area contributed by atoms with Crippen molar-refractivity contribution in [2.75, 3.05) is 13.1 Å². The number of hydrogen-bond donors (Lipinski definition) is 0. The van der Waals surface area contributed by atoms with Crippen LogP contribution in [0.5, 0.6) is 0 Å². The minimum absolute atomic E-state index is 0.709. The quantitative estimate of drug-likeness (QED) is 0.145.